The predicted molar refractivity (Wildman–Crippen MR) is 266 cm³/mol. The van der Waals surface area contributed by atoms with Gasteiger partial charge < -0.3 is 19.6 Å². The van der Waals surface area contributed by atoms with Gasteiger partial charge in [-0.1, -0.05) is 152 Å². The zero-order valence-corrected chi connectivity index (χ0v) is 35.7. The summed E-state index contributed by atoms with van der Waals surface area (Å²) in [6.45, 7) is 8.48. The van der Waals surface area contributed by atoms with Crippen molar-refractivity contribution in [2.75, 3.05) is 14.7 Å². The van der Waals surface area contributed by atoms with E-state index in [1.165, 1.54) is 33.5 Å². The molecule has 4 aromatic rings. The number of benzene rings is 4. The average Bonchev–Trinajstić information content (AvgIpc) is 3.34. The van der Waals surface area contributed by atoms with Crippen molar-refractivity contribution in [3.8, 4) is 0 Å². The Kier molecular flexibility index (Phi) is 14.1. The molecule has 310 valence electrons. The summed E-state index contributed by atoms with van der Waals surface area (Å²) in [6.07, 6.45) is 51.6. The van der Waals surface area contributed by atoms with Crippen LogP contribution >= 0.6 is 0 Å². The van der Waals surface area contributed by atoms with Gasteiger partial charge in [0.05, 0.1) is 18.1 Å². The number of nitrogens with zero attached hydrogens (tertiary/aromatic N) is 4. The fraction of sp³-hybridized carbons (Fsp3) is 0.172. The van der Waals surface area contributed by atoms with Gasteiger partial charge in [0, 0.05) is 57.6 Å². The van der Waals surface area contributed by atoms with E-state index in [4.69, 9.17) is 0 Å². The van der Waals surface area contributed by atoms with E-state index in [0.717, 1.165) is 62.0 Å². The van der Waals surface area contributed by atoms with E-state index in [0.29, 0.717) is 0 Å². The summed E-state index contributed by atoms with van der Waals surface area (Å²) in [5, 5.41) is 2.48. The molecular weight excluding hydrogens is 753 g/mol. The number of fused-ring (bicyclic) bond motifs is 1. The number of hydrogen-bond donors (Lipinski definition) is 0. The van der Waals surface area contributed by atoms with Gasteiger partial charge in [0.15, 0.2) is 0 Å². The second-order valence-corrected chi connectivity index (χ2v) is 15.9. The third kappa shape index (κ3) is 9.94. The van der Waals surface area contributed by atoms with Gasteiger partial charge in [-0.2, -0.15) is 0 Å². The fourth-order valence-electron chi connectivity index (χ4n) is 8.80. The summed E-state index contributed by atoms with van der Waals surface area (Å²) in [5.41, 5.74) is 8.19. The first-order chi connectivity index (χ1) is 30.7. The highest BCUT2D eigenvalue weighted by Crippen LogP contribution is 2.35. The number of rotatable bonds is 17. The molecule has 0 aliphatic heterocycles. The second kappa shape index (κ2) is 21.0. The van der Waals surface area contributed by atoms with Crippen molar-refractivity contribution in [2.45, 2.75) is 63.1 Å². The minimum atomic E-state index is -0.00527. The van der Waals surface area contributed by atoms with E-state index >= 15 is 0 Å². The van der Waals surface area contributed by atoms with E-state index in [1.54, 1.807) is 0 Å². The lowest BCUT2D eigenvalue weighted by Gasteiger charge is -2.38. The highest BCUT2D eigenvalue weighted by molar-refractivity contribution is 5.95. The van der Waals surface area contributed by atoms with E-state index in [-0.39, 0.29) is 18.1 Å². The van der Waals surface area contributed by atoms with Crippen LogP contribution in [0.1, 0.15) is 44.9 Å². The highest BCUT2D eigenvalue weighted by Gasteiger charge is 2.26. The molecule has 62 heavy (non-hydrogen) atoms. The summed E-state index contributed by atoms with van der Waals surface area (Å²) in [4.78, 5) is 9.76. The normalized spacial score (nSPS) is 19.0. The number of anilines is 3. The molecule has 0 spiro atoms. The first kappa shape index (κ1) is 41.7. The second-order valence-electron chi connectivity index (χ2n) is 15.9. The topological polar surface area (TPSA) is 13.0 Å². The van der Waals surface area contributed by atoms with Crippen molar-refractivity contribution in [2.24, 2.45) is 0 Å². The first-order valence-corrected chi connectivity index (χ1v) is 22.2. The van der Waals surface area contributed by atoms with Gasteiger partial charge in [-0.25, -0.2) is 0 Å². The summed E-state index contributed by atoms with van der Waals surface area (Å²) in [6, 6.07) is 37.0. The molecular formula is C58H58N4. The maximum absolute atomic E-state index is 4.30. The summed E-state index contributed by atoms with van der Waals surface area (Å²) >= 11 is 0. The van der Waals surface area contributed by atoms with Crippen LogP contribution in [0.3, 0.4) is 0 Å². The molecule has 0 N–H and O–H groups in total. The molecule has 4 aliphatic rings. The molecule has 0 fully saturated rings. The Hall–Kier alpha value is -7.04. The van der Waals surface area contributed by atoms with Crippen LogP contribution < -0.4 is 14.7 Å². The molecule has 0 saturated heterocycles. The van der Waals surface area contributed by atoms with E-state index in [2.05, 4.69) is 252 Å². The molecule has 4 aliphatic carbocycles. The smallest absolute Gasteiger partial charge is 0.0554 e. The minimum absolute atomic E-state index is 0.00527. The van der Waals surface area contributed by atoms with Gasteiger partial charge in [-0.05, 0) is 117 Å². The van der Waals surface area contributed by atoms with Crippen LogP contribution in [-0.2, 0) is 0 Å². The predicted octanol–water partition coefficient (Wildman–Crippen LogP) is 14.6. The van der Waals surface area contributed by atoms with E-state index in [1.807, 2.05) is 6.08 Å². The lowest BCUT2D eigenvalue weighted by molar-refractivity contribution is 0.270. The van der Waals surface area contributed by atoms with Crippen molar-refractivity contribution in [1.29, 1.82) is 0 Å². The maximum Gasteiger partial charge on any atom is 0.0554 e. The SMILES string of the molecule is C=C/C=C(\C=C/N(C1C=CC(N(C2=CC=CCC2)c2ccccc2)=CC1)C(/C=C/N(c1cccc2ccccc12)C1C=CC=CC1)CC=C)N(C1=CCCC=C1)c1ccccc1. The molecule has 0 heterocycles. The molecule has 3 atom stereocenters. The number of para-hydroxylation sites is 2. The van der Waals surface area contributed by atoms with Crippen LogP contribution in [0.25, 0.3) is 10.8 Å². The molecule has 0 bridgehead atoms. The molecule has 4 aromatic carbocycles. The van der Waals surface area contributed by atoms with Crippen LogP contribution in [0, 0.1) is 0 Å². The van der Waals surface area contributed by atoms with Crippen molar-refractivity contribution >= 4 is 27.8 Å². The Morgan fingerprint density at radius 3 is 2.19 bits per heavy atom. The van der Waals surface area contributed by atoms with Gasteiger partial charge in [-0.15, -0.1) is 6.58 Å². The fourth-order valence-corrected chi connectivity index (χ4v) is 8.80. The number of allylic oxidation sites excluding steroid dienone is 13. The van der Waals surface area contributed by atoms with Crippen LogP contribution in [0.5, 0.6) is 0 Å². The quantitative estimate of drug-likeness (QED) is 0.0778. The molecule has 4 nitrogen and oxygen atoms in total. The van der Waals surface area contributed by atoms with Crippen molar-refractivity contribution < 1.29 is 0 Å². The Bertz CT molecular complexity index is 2520. The minimum Gasteiger partial charge on any atom is -0.364 e. The largest absolute Gasteiger partial charge is 0.364 e. The maximum atomic E-state index is 4.30. The van der Waals surface area contributed by atoms with Crippen LogP contribution in [0.2, 0.25) is 0 Å². The zero-order chi connectivity index (χ0) is 42.4. The molecule has 8 rings (SSSR count). The molecule has 0 aromatic heterocycles. The Morgan fingerprint density at radius 2 is 1.48 bits per heavy atom. The first-order valence-electron chi connectivity index (χ1n) is 22.2. The van der Waals surface area contributed by atoms with Crippen LogP contribution in [-0.4, -0.2) is 23.0 Å². The summed E-state index contributed by atoms with van der Waals surface area (Å²) < 4.78 is 0. The van der Waals surface area contributed by atoms with E-state index in [9.17, 15) is 0 Å². The number of hydrogen-bond acceptors (Lipinski definition) is 4. The molecule has 0 radical (unpaired) electrons. The van der Waals surface area contributed by atoms with Crippen molar-refractivity contribution in [1.82, 2.24) is 4.90 Å². The van der Waals surface area contributed by atoms with Gasteiger partial charge in [0.1, 0.15) is 0 Å². The van der Waals surface area contributed by atoms with E-state index < -0.39 is 0 Å². The monoisotopic (exact) mass is 810 g/mol. The Balaban J connectivity index is 1.20. The summed E-state index contributed by atoms with van der Waals surface area (Å²) in [7, 11) is 0. The van der Waals surface area contributed by atoms with Gasteiger partial charge in [0.2, 0.25) is 0 Å². The van der Waals surface area contributed by atoms with Crippen molar-refractivity contribution in [3.63, 3.8) is 0 Å². The average molecular weight is 811 g/mol. The third-order valence-corrected chi connectivity index (χ3v) is 11.8. The zero-order valence-electron chi connectivity index (χ0n) is 35.7. The summed E-state index contributed by atoms with van der Waals surface area (Å²) in [5.74, 6) is 0. The molecule has 3 unspecified atom stereocenters. The standard InChI is InChI=1S/C58H58N4/c1-3-23-48(43-46-60(49-27-10-5-11-28-49)58-38-22-26-47-25-20-21-37-57(47)58)59(45-44-51(24-4-2)61(52-29-12-6-13-30-52)53-31-14-7-15-32-53)50-39-41-56(42-40-50)62(54-33-16-8-17-34-54)55-35-18-9-19-36-55/h3-6,8-14,16-18,20-22,24-27,29-35,37-39,41-46,48-50H,1-2,7,15,19,23,28,36,40H2/b45-44-,46-43+,51-24+. The molecule has 4 heteroatoms. The molecule has 0 saturated carbocycles. The van der Waals surface area contributed by atoms with Gasteiger partial charge in [-0.3, -0.25) is 0 Å². The highest BCUT2D eigenvalue weighted by atomic mass is 15.2. The lowest BCUT2D eigenvalue weighted by atomic mass is 9.99. The van der Waals surface area contributed by atoms with Gasteiger partial charge >= 0.3 is 0 Å². The Morgan fingerprint density at radius 1 is 0.677 bits per heavy atom. The Labute approximate surface area is 369 Å². The lowest BCUT2D eigenvalue weighted by Crippen LogP contribution is -2.39. The van der Waals surface area contributed by atoms with Crippen LogP contribution in [0.4, 0.5) is 17.1 Å². The van der Waals surface area contributed by atoms with Crippen molar-refractivity contribution in [3.05, 3.63) is 261 Å². The molecule has 0 amide bonds. The van der Waals surface area contributed by atoms with Crippen LogP contribution in [0.15, 0.2) is 261 Å². The third-order valence-electron chi connectivity index (χ3n) is 11.8. The van der Waals surface area contributed by atoms with Gasteiger partial charge in [0.25, 0.3) is 0 Å².